The van der Waals surface area contributed by atoms with Gasteiger partial charge in [-0.1, -0.05) is 6.92 Å². The number of piperidine rings is 1. The van der Waals surface area contributed by atoms with Gasteiger partial charge in [0.15, 0.2) is 0 Å². The SMILES string of the molecule is CC1CN(CCCN(C)C)CCC1=O. The Morgan fingerprint density at radius 3 is 2.79 bits per heavy atom. The van der Waals surface area contributed by atoms with Crippen molar-refractivity contribution in [3.63, 3.8) is 0 Å². The molecule has 1 unspecified atom stereocenters. The van der Waals surface area contributed by atoms with Crippen molar-refractivity contribution in [2.75, 3.05) is 40.3 Å². The Kier molecular flexibility index (Phi) is 4.55. The van der Waals surface area contributed by atoms with Gasteiger partial charge < -0.3 is 9.80 Å². The molecule has 1 fully saturated rings. The van der Waals surface area contributed by atoms with Crippen molar-refractivity contribution in [2.24, 2.45) is 5.92 Å². The summed E-state index contributed by atoms with van der Waals surface area (Å²) in [5.41, 5.74) is 0. The standard InChI is InChI=1S/C11H22N2O/c1-10-9-13(8-5-11(10)14)7-4-6-12(2)3/h10H,4-9H2,1-3H3. The zero-order valence-corrected chi connectivity index (χ0v) is 9.62. The molecule has 3 heteroatoms. The number of Topliss-reactive ketones (excluding diaryl/α,β-unsaturated/α-hetero) is 1. The summed E-state index contributed by atoms with van der Waals surface area (Å²) in [5, 5.41) is 0. The molecule has 0 aromatic heterocycles. The molecule has 0 bridgehead atoms. The van der Waals surface area contributed by atoms with Crippen LogP contribution in [0.2, 0.25) is 0 Å². The number of carbonyl (C=O) groups excluding carboxylic acids is 1. The highest BCUT2D eigenvalue weighted by atomic mass is 16.1. The van der Waals surface area contributed by atoms with Crippen LogP contribution in [0.3, 0.4) is 0 Å². The van der Waals surface area contributed by atoms with E-state index >= 15 is 0 Å². The van der Waals surface area contributed by atoms with Gasteiger partial charge in [0.05, 0.1) is 0 Å². The maximum atomic E-state index is 11.3. The first-order valence-electron chi connectivity index (χ1n) is 5.49. The van der Waals surface area contributed by atoms with Crippen LogP contribution in [0.4, 0.5) is 0 Å². The number of likely N-dealkylation sites (tertiary alicyclic amines) is 1. The van der Waals surface area contributed by atoms with Crippen LogP contribution in [0, 0.1) is 5.92 Å². The summed E-state index contributed by atoms with van der Waals surface area (Å²) >= 11 is 0. The van der Waals surface area contributed by atoms with E-state index in [1.165, 1.54) is 6.42 Å². The molecular formula is C11H22N2O. The summed E-state index contributed by atoms with van der Waals surface area (Å²) in [6.07, 6.45) is 1.96. The predicted octanol–water partition coefficient (Wildman–Crippen LogP) is 0.849. The molecule has 0 spiro atoms. The summed E-state index contributed by atoms with van der Waals surface area (Å²) in [6, 6.07) is 0. The third-order valence-electron chi connectivity index (χ3n) is 2.84. The van der Waals surface area contributed by atoms with Gasteiger partial charge in [0.1, 0.15) is 5.78 Å². The summed E-state index contributed by atoms with van der Waals surface area (Å²) < 4.78 is 0. The first kappa shape index (κ1) is 11.7. The van der Waals surface area contributed by atoms with E-state index in [4.69, 9.17) is 0 Å². The molecule has 1 heterocycles. The molecular weight excluding hydrogens is 176 g/mol. The maximum Gasteiger partial charge on any atom is 0.138 e. The van der Waals surface area contributed by atoms with Crippen molar-refractivity contribution in [3.8, 4) is 0 Å². The number of ketones is 1. The van der Waals surface area contributed by atoms with Gasteiger partial charge in [-0.25, -0.2) is 0 Å². The molecule has 14 heavy (non-hydrogen) atoms. The Labute approximate surface area is 87.1 Å². The largest absolute Gasteiger partial charge is 0.309 e. The van der Waals surface area contributed by atoms with Gasteiger partial charge in [-0.3, -0.25) is 4.79 Å². The second-order valence-electron chi connectivity index (χ2n) is 4.57. The first-order valence-corrected chi connectivity index (χ1v) is 5.49. The van der Waals surface area contributed by atoms with E-state index in [-0.39, 0.29) is 5.92 Å². The van der Waals surface area contributed by atoms with Gasteiger partial charge in [0.25, 0.3) is 0 Å². The average molecular weight is 198 g/mol. The Balaban J connectivity index is 2.17. The fraction of sp³-hybridized carbons (Fsp3) is 0.909. The number of rotatable bonds is 4. The molecule has 0 aromatic rings. The number of hydrogen-bond donors (Lipinski definition) is 0. The Morgan fingerprint density at radius 2 is 2.21 bits per heavy atom. The zero-order chi connectivity index (χ0) is 10.6. The summed E-state index contributed by atoms with van der Waals surface area (Å²) in [4.78, 5) is 15.9. The second-order valence-corrected chi connectivity index (χ2v) is 4.57. The fourth-order valence-corrected chi connectivity index (χ4v) is 1.91. The molecule has 1 saturated heterocycles. The van der Waals surface area contributed by atoms with E-state index in [0.29, 0.717) is 5.78 Å². The lowest BCUT2D eigenvalue weighted by Gasteiger charge is -2.30. The Hall–Kier alpha value is -0.410. The van der Waals surface area contributed by atoms with Crippen LogP contribution in [0.15, 0.2) is 0 Å². The van der Waals surface area contributed by atoms with Gasteiger partial charge in [-0.05, 0) is 33.6 Å². The topological polar surface area (TPSA) is 23.6 Å². The minimum atomic E-state index is 0.253. The van der Waals surface area contributed by atoms with Crippen molar-refractivity contribution in [1.82, 2.24) is 9.80 Å². The molecule has 82 valence electrons. The minimum Gasteiger partial charge on any atom is -0.309 e. The number of nitrogens with zero attached hydrogens (tertiary/aromatic N) is 2. The van der Waals surface area contributed by atoms with E-state index in [2.05, 4.69) is 23.9 Å². The van der Waals surface area contributed by atoms with E-state index < -0.39 is 0 Å². The smallest absolute Gasteiger partial charge is 0.138 e. The molecule has 0 N–H and O–H groups in total. The van der Waals surface area contributed by atoms with Crippen LogP contribution in [0.5, 0.6) is 0 Å². The quantitative estimate of drug-likeness (QED) is 0.669. The lowest BCUT2D eigenvalue weighted by Crippen LogP contribution is -2.40. The second kappa shape index (κ2) is 5.47. The number of carbonyl (C=O) groups is 1. The third kappa shape index (κ3) is 3.76. The zero-order valence-electron chi connectivity index (χ0n) is 9.62. The van der Waals surface area contributed by atoms with Crippen LogP contribution in [0.25, 0.3) is 0 Å². The van der Waals surface area contributed by atoms with Crippen LogP contribution in [-0.2, 0) is 4.79 Å². The monoisotopic (exact) mass is 198 g/mol. The van der Waals surface area contributed by atoms with Gasteiger partial charge in [-0.2, -0.15) is 0 Å². The van der Waals surface area contributed by atoms with Crippen LogP contribution < -0.4 is 0 Å². The molecule has 3 nitrogen and oxygen atoms in total. The lowest BCUT2D eigenvalue weighted by molar-refractivity contribution is -0.125. The van der Waals surface area contributed by atoms with Crippen molar-refractivity contribution in [1.29, 1.82) is 0 Å². The average Bonchev–Trinajstić information content (AvgIpc) is 2.10. The molecule has 0 amide bonds. The third-order valence-corrected chi connectivity index (χ3v) is 2.84. The van der Waals surface area contributed by atoms with Crippen molar-refractivity contribution in [3.05, 3.63) is 0 Å². The molecule has 1 aliphatic rings. The maximum absolute atomic E-state index is 11.3. The number of hydrogen-bond acceptors (Lipinski definition) is 3. The molecule has 1 aliphatic heterocycles. The Morgan fingerprint density at radius 1 is 1.50 bits per heavy atom. The lowest BCUT2D eigenvalue weighted by atomic mass is 9.98. The summed E-state index contributed by atoms with van der Waals surface area (Å²) in [7, 11) is 4.20. The molecule has 0 aromatic carbocycles. The van der Waals surface area contributed by atoms with Gasteiger partial charge in [0.2, 0.25) is 0 Å². The van der Waals surface area contributed by atoms with E-state index in [1.807, 2.05) is 6.92 Å². The van der Waals surface area contributed by atoms with E-state index in [0.717, 1.165) is 32.6 Å². The predicted molar refractivity (Wildman–Crippen MR) is 58.4 cm³/mol. The van der Waals surface area contributed by atoms with Gasteiger partial charge in [-0.15, -0.1) is 0 Å². The molecule has 0 saturated carbocycles. The highest BCUT2D eigenvalue weighted by Gasteiger charge is 2.22. The first-order chi connectivity index (χ1) is 6.59. The highest BCUT2D eigenvalue weighted by molar-refractivity contribution is 5.81. The normalized spacial score (nSPS) is 24.6. The van der Waals surface area contributed by atoms with Gasteiger partial charge in [0, 0.05) is 25.4 Å². The van der Waals surface area contributed by atoms with Crippen LogP contribution in [0.1, 0.15) is 19.8 Å². The molecule has 1 atom stereocenters. The summed E-state index contributed by atoms with van der Waals surface area (Å²) in [5.74, 6) is 0.692. The van der Waals surface area contributed by atoms with Crippen molar-refractivity contribution < 1.29 is 4.79 Å². The van der Waals surface area contributed by atoms with Gasteiger partial charge >= 0.3 is 0 Å². The molecule has 0 radical (unpaired) electrons. The Bertz CT molecular complexity index is 192. The molecule has 0 aliphatic carbocycles. The summed E-state index contributed by atoms with van der Waals surface area (Å²) in [6.45, 7) is 6.25. The van der Waals surface area contributed by atoms with Crippen molar-refractivity contribution >= 4 is 5.78 Å². The molecule has 1 rings (SSSR count). The van der Waals surface area contributed by atoms with Crippen LogP contribution >= 0.6 is 0 Å². The van der Waals surface area contributed by atoms with E-state index in [1.54, 1.807) is 0 Å². The van der Waals surface area contributed by atoms with Crippen molar-refractivity contribution in [2.45, 2.75) is 19.8 Å². The van der Waals surface area contributed by atoms with Crippen LogP contribution in [-0.4, -0.2) is 55.9 Å². The highest BCUT2D eigenvalue weighted by Crippen LogP contribution is 2.12. The van der Waals surface area contributed by atoms with E-state index in [9.17, 15) is 4.79 Å². The fourth-order valence-electron chi connectivity index (χ4n) is 1.91. The minimum absolute atomic E-state index is 0.253.